The summed E-state index contributed by atoms with van der Waals surface area (Å²) in [5.74, 6) is 2.08. The lowest BCUT2D eigenvalue weighted by Crippen LogP contribution is -2.40. The van der Waals surface area contributed by atoms with Crippen molar-refractivity contribution in [1.82, 2.24) is 15.5 Å². The molecule has 2 heterocycles. The highest BCUT2D eigenvalue weighted by atomic mass is 127. The molecule has 7 heteroatoms. The highest BCUT2D eigenvalue weighted by molar-refractivity contribution is 14.0. The fourth-order valence-corrected chi connectivity index (χ4v) is 2.89. The number of halogens is 1. The summed E-state index contributed by atoms with van der Waals surface area (Å²) in [5, 5.41) is 17.1. The molecule has 0 amide bonds. The Labute approximate surface area is 168 Å². The molecular formula is C18H33IN4O2. The largest absolute Gasteiger partial charge is 0.463 e. The van der Waals surface area contributed by atoms with Crippen molar-refractivity contribution in [3.8, 4) is 0 Å². The van der Waals surface area contributed by atoms with E-state index in [0.717, 1.165) is 37.8 Å². The first-order chi connectivity index (χ1) is 11.5. The minimum atomic E-state index is -1.10. The highest BCUT2D eigenvalue weighted by Gasteiger charge is 2.26. The van der Waals surface area contributed by atoms with Crippen molar-refractivity contribution in [1.29, 1.82) is 0 Å². The van der Waals surface area contributed by atoms with E-state index in [1.165, 1.54) is 25.9 Å². The molecule has 0 aromatic carbocycles. The number of guanidine groups is 1. The van der Waals surface area contributed by atoms with Gasteiger partial charge in [0, 0.05) is 13.1 Å². The van der Waals surface area contributed by atoms with Crippen molar-refractivity contribution in [2.24, 2.45) is 4.99 Å². The molecule has 3 N–H and O–H groups in total. The Bertz CT molecular complexity index is 525. The number of furan rings is 1. The Morgan fingerprint density at radius 2 is 2.04 bits per heavy atom. The third-order valence-electron chi connectivity index (χ3n) is 4.30. The van der Waals surface area contributed by atoms with Gasteiger partial charge in [-0.05, 0) is 71.8 Å². The molecule has 2 rings (SSSR count). The molecule has 1 aromatic heterocycles. The van der Waals surface area contributed by atoms with Crippen LogP contribution >= 0.6 is 24.0 Å². The molecule has 0 aliphatic carbocycles. The van der Waals surface area contributed by atoms with Gasteiger partial charge in [-0.2, -0.15) is 0 Å². The zero-order valence-electron chi connectivity index (χ0n) is 15.7. The molecule has 1 aliphatic heterocycles. The zero-order chi connectivity index (χ0) is 17.4. The van der Waals surface area contributed by atoms with Gasteiger partial charge in [0.1, 0.15) is 17.1 Å². The third kappa shape index (κ3) is 7.53. The van der Waals surface area contributed by atoms with E-state index in [-0.39, 0.29) is 30.5 Å². The van der Waals surface area contributed by atoms with E-state index in [2.05, 4.69) is 20.5 Å². The number of rotatable bonds is 8. The molecule has 0 spiro atoms. The first kappa shape index (κ1) is 22.2. The van der Waals surface area contributed by atoms with Crippen molar-refractivity contribution < 1.29 is 9.52 Å². The summed E-state index contributed by atoms with van der Waals surface area (Å²) in [6.07, 6.45) is 3.76. The number of likely N-dealkylation sites (tertiary alicyclic amines) is 1. The van der Waals surface area contributed by atoms with Crippen LogP contribution in [0.2, 0.25) is 0 Å². The van der Waals surface area contributed by atoms with Gasteiger partial charge in [-0.3, -0.25) is 0 Å². The molecule has 0 saturated carbocycles. The quantitative estimate of drug-likeness (QED) is 0.239. The average Bonchev–Trinajstić information content (AvgIpc) is 3.20. The molecule has 1 unspecified atom stereocenters. The molecule has 1 aliphatic rings. The summed E-state index contributed by atoms with van der Waals surface area (Å²) in [7, 11) is 0. The molecule has 1 aromatic rings. The van der Waals surface area contributed by atoms with Gasteiger partial charge >= 0.3 is 0 Å². The Morgan fingerprint density at radius 1 is 1.32 bits per heavy atom. The van der Waals surface area contributed by atoms with Crippen LogP contribution < -0.4 is 10.6 Å². The first-order valence-electron chi connectivity index (χ1n) is 9.05. The summed E-state index contributed by atoms with van der Waals surface area (Å²) in [6.45, 7) is 11.2. The van der Waals surface area contributed by atoms with Crippen molar-refractivity contribution >= 4 is 29.9 Å². The number of aliphatic imine (C=N–C) groups is 1. The maximum atomic E-state index is 10.6. The van der Waals surface area contributed by atoms with Gasteiger partial charge < -0.3 is 25.1 Å². The molecule has 1 saturated heterocycles. The molecule has 1 atom stereocenters. The lowest BCUT2D eigenvalue weighted by Gasteiger charge is -2.20. The second-order valence-electron chi connectivity index (χ2n) is 6.71. The highest BCUT2D eigenvalue weighted by Crippen LogP contribution is 2.23. The first-order valence-corrected chi connectivity index (χ1v) is 9.05. The van der Waals surface area contributed by atoms with Gasteiger partial charge in [0.15, 0.2) is 5.96 Å². The lowest BCUT2D eigenvalue weighted by molar-refractivity contribution is 0.0428. The molecule has 6 nitrogen and oxygen atoms in total. The summed E-state index contributed by atoms with van der Waals surface area (Å²) in [5.41, 5.74) is -1.10. The summed E-state index contributed by atoms with van der Waals surface area (Å²) >= 11 is 0. The Morgan fingerprint density at radius 3 is 2.64 bits per heavy atom. The number of hydrogen-bond acceptors (Lipinski definition) is 4. The van der Waals surface area contributed by atoms with Gasteiger partial charge in [0.05, 0.1) is 6.54 Å². The van der Waals surface area contributed by atoms with Crippen LogP contribution in [0.15, 0.2) is 21.5 Å². The van der Waals surface area contributed by atoms with Crippen LogP contribution in [-0.2, 0) is 5.60 Å². The van der Waals surface area contributed by atoms with Crippen molar-refractivity contribution in [2.75, 3.05) is 39.3 Å². The maximum Gasteiger partial charge on any atom is 0.191 e. The molecule has 1 fully saturated rings. The normalized spacial score (nSPS) is 17.8. The summed E-state index contributed by atoms with van der Waals surface area (Å²) < 4.78 is 5.53. The van der Waals surface area contributed by atoms with Crippen LogP contribution in [-0.4, -0.2) is 55.2 Å². The smallest absolute Gasteiger partial charge is 0.191 e. The topological polar surface area (TPSA) is 73.0 Å². The zero-order valence-corrected chi connectivity index (χ0v) is 18.0. The summed E-state index contributed by atoms with van der Waals surface area (Å²) in [6, 6.07) is 3.66. The van der Waals surface area contributed by atoms with Crippen molar-refractivity contribution in [3.63, 3.8) is 0 Å². The summed E-state index contributed by atoms with van der Waals surface area (Å²) in [4.78, 5) is 7.02. The molecule has 144 valence electrons. The van der Waals surface area contributed by atoms with Gasteiger partial charge in [0.25, 0.3) is 0 Å². The molecule has 0 bridgehead atoms. The van der Waals surface area contributed by atoms with E-state index in [0.29, 0.717) is 5.76 Å². The second kappa shape index (κ2) is 11.0. The van der Waals surface area contributed by atoms with E-state index in [4.69, 9.17) is 4.42 Å². The minimum Gasteiger partial charge on any atom is -0.463 e. The number of nitrogens with one attached hydrogen (secondary N) is 2. The molecule has 25 heavy (non-hydrogen) atoms. The van der Waals surface area contributed by atoms with E-state index in [1.54, 1.807) is 13.0 Å². The average molecular weight is 464 g/mol. The fourth-order valence-electron chi connectivity index (χ4n) is 2.89. The van der Waals surface area contributed by atoms with Crippen LogP contribution in [0.4, 0.5) is 0 Å². The maximum absolute atomic E-state index is 10.6. The predicted octanol–water partition coefficient (Wildman–Crippen LogP) is 2.45. The van der Waals surface area contributed by atoms with Crippen LogP contribution in [0.1, 0.15) is 44.6 Å². The predicted molar refractivity (Wildman–Crippen MR) is 113 cm³/mol. The van der Waals surface area contributed by atoms with E-state index >= 15 is 0 Å². The SMILES string of the molecule is CCNC(=NCC(C)(O)c1ccc(C)o1)NCCCN1CCCC1.I. The van der Waals surface area contributed by atoms with E-state index in [1.807, 2.05) is 19.9 Å². The van der Waals surface area contributed by atoms with Crippen LogP contribution in [0, 0.1) is 6.92 Å². The minimum absolute atomic E-state index is 0. The van der Waals surface area contributed by atoms with Crippen LogP contribution in [0.3, 0.4) is 0 Å². The lowest BCUT2D eigenvalue weighted by atomic mass is 10.0. The third-order valence-corrected chi connectivity index (χ3v) is 4.30. The number of nitrogens with zero attached hydrogens (tertiary/aromatic N) is 2. The molecular weight excluding hydrogens is 431 g/mol. The van der Waals surface area contributed by atoms with Crippen LogP contribution in [0.5, 0.6) is 0 Å². The van der Waals surface area contributed by atoms with Crippen LogP contribution in [0.25, 0.3) is 0 Å². The number of aliphatic hydroxyl groups is 1. The van der Waals surface area contributed by atoms with Gasteiger partial charge in [-0.25, -0.2) is 4.99 Å². The second-order valence-corrected chi connectivity index (χ2v) is 6.71. The van der Waals surface area contributed by atoms with Gasteiger partial charge in [-0.15, -0.1) is 24.0 Å². The number of aryl methyl sites for hydroxylation is 1. The number of hydrogen-bond donors (Lipinski definition) is 3. The fraction of sp³-hybridized carbons (Fsp3) is 0.722. The van der Waals surface area contributed by atoms with Crippen molar-refractivity contribution in [3.05, 3.63) is 23.7 Å². The Hall–Kier alpha value is -0.800. The van der Waals surface area contributed by atoms with Crippen molar-refractivity contribution in [2.45, 2.75) is 45.6 Å². The van der Waals surface area contributed by atoms with E-state index in [9.17, 15) is 5.11 Å². The molecule has 0 radical (unpaired) electrons. The Kier molecular flexibility index (Phi) is 9.81. The standard InChI is InChI=1S/C18H32N4O2.HI/c1-4-19-17(20-10-7-13-22-11-5-6-12-22)21-14-18(3,23)16-9-8-15(2)24-16;/h8-9,23H,4-7,10-14H2,1-3H3,(H2,19,20,21);1H. The van der Waals surface area contributed by atoms with E-state index < -0.39 is 5.60 Å². The van der Waals surface area contributed by atoms with Gasteiger partial charge in [-0.1, -0.05) is 0 Å². The van der Waals surface area contributed by atoms with Gasteiger partial charge in [0.2, 0.25) is 0 Å². The monoisotopic (exact) mass is 464 g/mol. The Balaban J connectivity index is 0.00000312.